The molecule has 0 aromatic carbocycles. The average Bonchev–Trinajstić information content (AvgIpc) is 3.36. The van der Waals surface area contributed by atoms with Crippen LogP contribution in [0.15, 0.2) is 28.7 Å². The molecular formula is C18H24N6OS2. The van der Waals surface area contributed by atoms with Crippen molar-refractivity contribution >= 4 is 29.0 Å². The molecule has 0 spiro atoms. The van der Waals surface area contributed by atoms with Crippen molar-refractivity contribution in [3.63, 3.8) is 0 Å². The van der Waals surface area contributed by atoms with Crippen LogP contribution in [0.2, 0.25) is 0 Å². The SMILES string of the molecule is CCn1c(SCC(=O)NCCCn2nc(C)cc2C)nnc1-c1cccs1. The number of carbonyl (C=O) groups excluding carboxylic acids is 1. The van der Waals surface area contributed by atoms with E-state index in [1.165, 1.54) is 11.8 Å². The standard InChI is InChI=1S/C18H24N6OS2/c1-4-23-17(15-7-5-10-26-15)20-21-18(23)27-12-16(25)19-8-6-9-24-14(3)11-13(2)22-24/h5,7,10-11H,4,6,8-9,12H2,1-3H3,(H,19,25). The third-order valence-electron chi connectivity index (χ3n) is 4.08. The van der Waals surface area contributed by atoms with E-state index < -0.39 is 0 Å². The molecule has 0 saturated heterocycles. The van der Waals surface area contributed by atoms with Crippen molar-refractivity contribution in [1.29, 1.82) is 0 Å². The highest BCUT2D eigenvalue weighted by Gasteiger charge is 2.15. The van der Waals surface area contributed by atoms with Gasteiger partial charge in [0.1, 0.15) is 0 Å². The summed E-state index contributed by atoms with van der Waals surface area (Å²) in [4.78, 5) is 13.2. The lowest BCUT2D eigenvalue weighted by Gasteiger charge is -2.08. The van der Waals surface area contributed by atoms with Gasteiger partial charge in [0.2, 0.25) is 5.91 Å². The molecule has 1 N–H and O–H groups in total. The van der Waals surface area contributed by atoms with E-state index in [1.54, 1.807) is 11.3 Å². The largest absolute Gasteiger partial charge is 0.355 e. The minimum atomic E-state index is 0.0108. The molecule has 0 saturated carbocycles. The van der Waals surface area contributed by atoms with Crippen LogP contribution in [-0.4, -0.2) is 42.7 Å². The second kappa shape index (κ2) is 9.18. The van der Waals surface area contributed by atoms with E-state index >= 15 is 0 Å². The fourth-order valence-electron chi connectivity index (χ4n) is 2.81. The first-order valence-electron chi connectivity index (χ1n) is 8.96. The van der Waals surface area contributed by atoms with Gasteiger partial charge in [-0.1, -0.05) is 17.8 Å². The molecule has 3 aromatic heterocycles. The number of nitrogens with one attached hydrogen (secondary N) is 1. The summed E-state index contributed by atoms with van der Waals surface area (Å²) >= 11 is 3.06. The van der Waals surface area contributed by atoms with Gasteiger partial charge in [-0.2, -0.15) is 5.10 Å². The summed E-state index contributed by atoms with van der Waals surface area (Å²) in [6.07, 6.45) is 0.853. The smallest absolute Gasteiger partial charge is 0.230 e. The molecule has 0 radical (unpaired) electrons. The Morgan fingerprint density at radius 2 is 2.19 bits per heavy atom. The Morgan fingerprint density at radius 1 is 1.33 bits per heavy atom. The molecule has 144 valence electrons. The lowest BCUT2D eigenvalue weighted by atomic mass is 10.4. The second-order valence-corrected chi connectivity index (χ2v) is 8.06. The number of carbonyl (C=O) groups is 1. The fourth-order valence-corrected chi connectivity index (χ4v) is 4.36. The predicted molar refractivity (Wildman–Crippen MR) is 109 cm³/mol. The zero-order chi connectivity index (χ0) is 19.2. The lowest BCUT2D eigenvalue weighted by molar-refractivity contribution is -0.118. The van der Waals surface area contributed by atoms with Gasteiger partial charge in [0, 0.05) is 25.3 Å². The van der Waals surface area contributed by atoms with E-state index in [0.717, 1.165) is 46.8 Å². The third-order valence-corrected chi connectivity index (χ3v) is 5.91. The van der Waals surface area contributed by atoms with Gasteiger partial charge in [-0.3, -0.25) is 9.48 Å². The van der Waals surface area contributed by atoms with Crippen LogP contribution in [0.4, 0.5) is 0 Å². The number of thioether (sulfide) groups is 1. The number of hydrogen-bond acceptors (Lipinski definition) is 6. The van der Waals surface area contributed by atoms with Crippen molar-refractivity contribution in [3.8, 4) is 10.7 Å². The summed E-state index contributed by atoms with van der Waals surface area (Å²) in [7, 11) is 0. The lowest BCUT2D eigenvalue weighted by Crippen LogP contribution is -2.27. The van der Waals surface area contributed by atoms with E-state index in [4.69, 9.17) is 0 Å². The first kappa shape index (κ1) is 19.6. The average molecular weight is 405 g/mol. The molecule has 0 unspecified atom stereocenters. The Kier molecular flexibility index (Phi) is 6.68. The first-order valence-corrected chi connectivity index (χ1v) is 10.8. The van der Waals surface area contributed by atoms with Gasteiger partial charge in [0.25, 0.3) is 0 Å². The summed E-state index contributed by atoms with van der Waals surface area (Å²) < 4.78 is 4.03. The van der Waals surface area contributed by atoms with E-state index in [0.29, 0.717) is 12.3 Å². The maximum absolute atomic E-state index is 12.1. The summed E-state index contributed by atoms with van der Waals surface area (Å²) in [6, 6.07) is 6.09. The van der Waals surface area contributed by atoms with E-state index in [9.17, 15) is 4.79 Å². The van der Waals surface area contributed by atoms with Crippen LogP contribution < -0.4 is 5.32 Å². The molecule has 1 amide bonds. The zero-order valence-electron chi connectivity index (χ0n) is 15.8. The number of thiophene rings is 1. The molecule has 27 heavy (non-hydrogen) atoms. The summed E-state index contributed by atoms with van der Waals surface area (Å²) in [6.45, 7) is 8.31. The van der Waals surface area contributed by atoms with Gasteiger partial charge in [0.05, 0.1) is 16.3 Å². The Balaban J connectivity index is 1.45. The fraction of sp³-hybridized carbons (Fsp3) is 0.444. The molecule has 7 nitrogen and oxygen atoms in total. The molecule has 0 atom stereocenters. The Hall–Kier alpha value is -2.13. The van der Waals surface area contributed by atoms with Gasteiger partial charge < -0.3 is 9.88 Å². The zero-order valence-corrected chi connectivity index (χ0v) is 17.4. The molecule has 0 aliphatic rings. The Morgan fingerprint density at radius 3 is 2.85 bits per heavy atom. The van der Waals surface area contributed by atoms with Crippen molar-refractivity contribution in [2.45, 2.75) is 45.4 Å². The van der Waals surface area contributed by atoms with Gasteiger partial charge in [-0.15, -0.1) is 21.5 Å². The minimum absolute atomic E-state index is 0.0108. The first-order chi connectivity index (χ1) is 13.1. The summed E-state index contributed by atoms with van der Waals surface area (Å²) in [5, 5.41) is 18.7. The minimum Gasteiger partial charge on any atom is -0.355 e. The van der Waals surface area contributed by atoms with Crippen LogP contribution in [0.3, 0.4) is 0 Å². The second-order valence-electron chi connectivity index (χ2n) is 6.17. The van der Waals surface area contributed by atoms with Crippen LogP contribution >= 0.6 is 23.1 Å². The molecule has 9 heteroatoms. The van der Waals surface area contributed by atoms with Crippen molar-refractivity contribution in [3.05, 3.63) is 35.0 Å². The van der Waals surface area contributed by atoms with E-state index in [-0.39, 0.29) is 5.91 Å². The third kappa shape index (κ3) is 4.98. The topological polar surface area (TPSA) is 77.6 Å². The molecule has 3 rings (SSSR count). The Labute approximate surface area is 167 Å². The van der Waals surface area contributed by atoms with Crippen molar-refractivity contribution in [2.24, 2.45) is 0 Å². The maximum Gasteiger partial charge on any atom is 0.230 e. The van der Waals surface area contributed by atoms with E-state index in [1.807, 2.05) is 40.6 Å². The number of amides is 1. The van der Waals surface area contributed by atoms with Crippen molar-refractivity contribution in [2.75, 3.05) is 12.3 Å². The predicted octanol–water partition coefficient (Wildman–Crippen LogP) is 3.14. The summed E-state index contributed by atoms with van der Waals surface area (Å²) in [5.74, 6) is 1.21. The number of rotatable bonds is 9. The number of aryl methyl sites for hydroxylation is 3. The molecule has 3 heterocycles. The summed E-state index contributed by atoms with van der Waals surface area (Å²) in [5.41, 5.74) is 2.17. The number of nitrogens with zero attached hydrogens (tertiary/aromatic N) is 5. The maximum atomic E-state index is 12.1. The Bertz CT molecular complexity index is 884. The van der Waals surface area contributed by atoms with E-state index in [2.05, 4.69) is 33.6 Å². The van der Waals surface area contributed by atoms with Crippen LogP contribution in [0.5, 0.6) is 0 Å². The monoisotopic (exact) mass is 404 g/mol. The normalized spacial score (nSPS) is 11.1. The molecule has 0 aliphatic carbocycles. The molecular weight excluding hydrogens is 380 g/mol. The molecule has 0 bridgehead atoms. The van der Waals surface area contributed by atoms with Crippen molar-refractivity contribution in [1.82, 2.24) is 29.9 Å². The quantitative estimate of drug-likeness (QED) is 0.438. The number of hydrogen-bond donors (Lipinski definition) is 1. The highest BCUT2D eigenvalue weighted by atomic mass is 32.2. The molecule has 3 aromatic rings. The van der Waals surface area contributed by atoms with Gasteiger partial charge in [-0.25, -0.2) is 0 Å². The molecule has 0 aliphatic heterocycles. The number of aromatic nitrogens is 5. The van der Waals surface area contributed by atoms with Gasteiger partial charge >= 0.3 is 0 Å². The van der Waals surface area contributed by atoms with Crippen molar-refractivity contribution < 1.29 is 4.79 Å². The van der Waals surface area contributed by atoms with Gasteiger partial charge in [0.15, 0.2) is 11.0 Å². The van der Waals surface area contributed by atoms with Crippen LogP contribution in [0.1, 0.15) is 24.7 Å². The highest BCUT2D eigenvalue weighted by Crippen LogP contribution is 2.26. The van der Waals surface area contributed by atoms with Crippen LogP contribution in [-0.2, 0) is 17.9 Å². The highest BCUT2D eigenvalue weighted by molar-refractivity contribution is 7.99. The van der Waals surface area contributed by atoms with Crippen LogP contribution in [0.25, 0.3) is 10.7 Å². The van der Waals surface area contributed by atoms with Crippen LogP contribution in [0, 0.1) is 13.8 Å². The molecule has 0 fully saturated rings. The van der Waals surface area contributed by atoms with Gasteiger partial charge in [-0.05, 0) is 44.7 Å².